The van der Waals surface area contributed by atoms with Crippen molar-refractivity contribution in [3.8, 4) is 0 Å². The number of rotatable bonds is 11. The number of β-lactam (4-membered cyclic amide) rings is 1. The molecule has 3 aliphatic rings. The Hall–Kier alpha value is -3.72. The molecular weight excluding hydrogens is 598 g/mol. The number of amides is 1. The van der Waals surface area contributed by atoms with Crippen molar-refractivity contribution in [2.24, 2.45) is 17.3 Å². The zero-order chi connectivity index (χ0) is 32.7. The number of carbonyl (C=O) groups excluding carboxylic acids is 3. The van der Waals surface area contributed by atoms with Crippen molar-refractivity contribution < 1.29 is 29.0 Å². The van der Waals surface area contributed by atoms with Gasteiger partial charge in [0.1, 0.15) is 6.04 Å². The molecule has 46 heavy (non-hydrogen) atoms. The lowest BCUT2D eigenvalue weighted by molar-refractivity contribution is -0.270. The second kappa shape index (κ2) is 12.5. The molecule has 2 fully saturated rings. The molecule has 3 aromatic carbocycles. The highest BCUT2D eigenvalue weighted by Crippen LogP contribution is 2.68. The van der Waals surface area contributed by atoms with Gasteiger partial charge in [-0.05, 0) is 38.2 Å². The van der Waals surface area contributed by atoms with Crippen molar-refractivity contribution in [1.29, 1.82) is 0 Å². The minimum Gasteiger partial charge on any atom is -0.462 e. The van der Waals surface area contributed by atoms with Gasteiger partial charge in [-0.1, -0.05) is 111 Å². The smallest absolute Gasteiger partial charge is 0.334 e. The number of hydrogen-bond acceptors (Lipinski definition) is 7. The molecular formula is C38H41NO6S. The lowest BCUT2D eigenvalue weighted by atomic mass is 9.64. The first-order chi connectivity index (χ1) is 22.0. The molecule has 8 heteroatoms. The molecule has 2 saturated heterocycles. The normalized spacial score (nSPS) is 26.0. The number of carbonyl (C=O) groups is 3. The number of nitrogens with zero attached hydrogens (tertiary/aromatic N) is 1. The van der Waals surface area contributed by atoms with Crippen molar-refractivity contribution in [1.82, 2.24) is 4.90 Å². The van der Waals surface area contributed by atoms with Gasteiger partial charge in [-0.3, -0.25) is 9.59 Å². The summed E-state index contributed by atoms with van der Waals surface area (Å²) in [6, 6.07) is 26.8. The topological polar surface area (TPSA) is 93.1 Å². The molecule has 0 saturated carbocycles. The van der Waals surface area contributed by atoms with Crippen molar-refractivity contribution >= 4 is 29.4 Å². The van der Waals surface area contributed by atoms with Crippen molar-refractivity contribution in [2.75, 3.05) is 6.61 Å². The first kappa shape index (κ1) is 32.2. The molecule has 1 N–H and O–H groups in total. The van der Waals surface area contributed by atoms with Gasteiger partial charge in [-0.15, -0.1) is 11.8 Å². The van der Waals surface area contributed by atoms with E-state index in [2.05, 4.69) is 13.8 Å². The van der Waals surface area contributed by atoms with Gasteiger partial charge in [0.15, 0.2) is 5.78 Å². The van der Waals surface area contributed by atoms with Crippen LogP contribution in [0.4, 0.5) is 0 Å². The maximum atomic E-state index is 14.7. The van der Waals surface area contributed by atoms with E-state index in [9.17, 15) is 19.5 Å². The molecule has 2 aliphatic heterocycles. The van der Waals surface area contributed by atoms with E-state index in [0.717, 1.165) is 5.56 Å². The Morgan fingerprint density at radius 2 is 1.59 bits per heavy atom. The monoisotopic (exact) mass is 639 g/mol. The molecule has 1 spiro atoms. The second-order valence-corrected chi connectivity index (χ2v) is 15.1. The van der Waals surface area contributed by atoms with E-state index < -0.39 is 39.3 Å². The van der Waals surface area contributed by atoms with E-state index in [-0.39, 0.29) is 36.9 Å². The summed E-state index contributed by atoms with van der Waals surface area (Å²) >= 11 is 1.55. The quantitative estimate of drug-likeness (QED) is 0.111. The minimum absolute atomic E-state index is 0.129. The number of aliphatic hydroxyl groups is 1. The third-order valence-electron chi connectivity index (χ3n) is 9.51. The molecule has 6 rings (SSSR count). The van der Waals surface area contributed by atoms with Crippen molar-refractivity contribution in [3.63, 3.8) is 0 Å². The van der Waals surface area contributed by atoms with Crippen LogP contribution in [0.25, 0.3) is 0 Å². The summed E-state index contributed by atoms with van der Waals surface area (Å²) in [6.07, 6.45) is 2.66. The van der Waals surface area contributed by atoms with Crippen LogP contribution in [0.1, 0.15) is 62.0 Å². The van der Waals surface area contributed by atoms with Crippen molar-refractivity contribution in [3.05, 3.63) is 119 Å². The largest absolute Gasteiger partial charge is 0.462 e. The number of hydrogen-bond donors (Lipinski definition) is 1. The Bertz CT molecular complexity index is 1620. The van der Waals surface area contributed by atoms with Crippen LogP contribution < -0.4 is 0 Å². The predicted molar refractivity (Wildman–Crippen MR) is 177 cm³/mol. The van der Waals surface area contributed by atoms with Crippen LogP contribution in [0.3, 0.4) is 0 Å². The van der Waals surface area contributed by atoms with Crippen molar-refractivity contribution in [2.45, 2.75) is 69.1 Å². The van der Waals surface area contributed by atoms with E-state index in [1.165, 1.54) is 0 Å². The first-order valence-electron chi connectivity index (χ1n) is 15.9. The number of ether oxygens (including phenoxy) is 2. The fraction of sp³-hybridized carbons (Fsp3) is 0.395. The summed E-state index contributed by atoms with van der Waals surface area (Å²) < 4.78 is 11.4. The zero-order valence-electron chi connectivity index (χ0n) is 26.7. The summed E-state index contributed by atoms with van der Waals surface area (Å²) in [4.78, 5) is 44.3. The number of thioether (sulfide) groups is 1. The molecule has 3 aromatic rings. The van der Waals surface area contributed by atoms with E-state index >= 15 is 0 Å². The summed E-state index contributed by atoms with van der Waals surface area (Å²) in [7, 11) is 0. The molecule has 1 amide bonds. The Labute approximate surface area is 275 Å². The van der Waals surface area contributed by atoms with Gasteiger partial charge in [-0.25, -0.2) is 4.79 Å². The van der Waals surface area contributed by atoms with Gasteiger partial charge in [-0.2, -0.15) is 0 Å². The SMILES string of the molecule is CC(C)CCOC(=O)C1=CCC2(C(=O)N3[C@@H](C(O)(OCc4ccccc4)c4ccccc4)C(C)(C)S[C@@H]32)C1C(=O)c1ccccc1. The maximum Gasteiger partial charge on any atom is 0.334 e. The summed E-state index contributed by atoms with van der Waals surface area (Å²) in [5.74, 6) is -3.62. The number of fused-ring (bicyclic) bond motifs is 2. The average molecular weight is 640 g/mol. The Kier molecular flexibility index (Phi) is 8.74. The van der Waals surface area contributed by atoms with Gasteiger partial charge < -0.3 is 19.5 Å². The summed E-state index contributed by atoms with van der Waals surface area (Å²) in [5.41, 5.74) is 0.914. The maximum absolute atomic E-state index is 14.7. The summed E-state index contributed by atoms with van der Waals surface area (Å²) in [5, 5.41) is 12.1. The number of benzene rings is 3. The first-order valence-corrected chi connectivity index (χ1v) is 16.8. The number of esters is 1. The van der Waals surface area contributed by atoms with E-state index in [4.69, 9.17) is 9.47 Å². The molecule has 0 radical (unpaired) electrons. The average Bonchev–Trinajstić information content (AvgIpc) is 3.60. The second-order valence-electron chi connectivity index (χ2n) is 13.4. The highest BCUT2D eigenvalue weighted by Gasteiger charge is 2.77. The van der Waals surface area contributed by atoms with Crippen LogP contribution in [0.5, 0.6) is 0 Å². The van der Waals surface area contributed by atoms with Gasteiger partial charge in [0.2, 0.25) is 11.7 Å². The lowest BCUT2D eigenvalue weighted by Crippen LogP contribution is -2.73. The van der Waals surface area contributed by atoms with Gasteiger partial charge in [0, 0.05) is 21.4 Å². The van der Waals surface area contributed by atoms with Crippen LogP contribution >= 0.6 is 11.8 Å². The Balaban J connectivity index is 1.37. The van der Waals surface area contributed by atoms with Gasteiger partial charge in [0.25, 0.3) is 0 Å². The predicted octanol–water partition coefficient (Wildman–Crippen LogP) is 6.52. The van der Waals surface area contributed by atoms with Crippen LogP contribution in [-0.2, 0) is 31.5 Å². The van der Waals surface area contributed by atoms with Crippen LogP contribution in [0.2, 0.25) is 0 Å². The van der Waals surface area contributed by atoms with E-state index in [0.29, 0.717) is 23.5 Å². The minimum atomic E-state index is -1.86. The molecule has 1 aliphatic carbocycles. The zero-order valence-corrected chi connectivity index (χ0v) is 27.5. The third-order valence-corrected chi connectivity index (χ3v) is 11.2. The molecule has 3 unspecified atom stereocenters. The molecule has 0 bridgehead atoms. The van der Waals surface area contributed by atoms with Crippen LogP contribution in [0, 0.1) is 17.3 Å². The molecule has 240 valence electrons. The number of allylic oxidation sites excluding steroid dienone is 1. The molecule has 7 nitrogen and oxygen atoms in total. The number of Topliss-reactive ketones (excluding diaryl/α,β-unsaturated/α-hetero) is 1. The van der Waals surface area contributed by atoms with E-state index in [1.807, 2.05) is 80.6 Å². The fourth-order valence-corrected chi connectivity index (χ4v) is 9.07. The molecule has 5 atom stereocenters. The third kappa shape index (κ3) is 5.40. The number of ketones is 1. The van der Waals surface area contributed by atoms with Crippen LogP contribution in [-0.4, -0.2) is 50.4 Å². The van der Waals surface area contributed by atoms with Gasteiger partial charge >= 0.3 is 5.97 Å². The molecule has 0 aromatic heterocycles. The highest BCUT2D eigenvalue weighted by molar-refractivity contribution is 8.01. The van der Waals surface area contributed by atoms with E-state index in [1.54, 1.807) is 47.0 Å². The summed E-state index contributed by atoms with van der Waals surface area (Å²) in [6.45, 7) is 8.47. The standard InChI is InChI=1S/C38H41NO6S/c1-25(2)21-23-44-32(41)29-20-22-37(30(29)31(40)27-16-10-6-11-17-27)34(42)39-33(36(3,4)46-35(37)39)38(43,28-18-12-7-13-19-28)45-24-26-14-8-5-9-15-26/h5-20,25,30,33,35,43H,21-24H2,1-4H3/t30?,33-,35-,37?,38?/m1/s1. The highest BCUT2D eigenvalue weighted by atomic mass is 32.2. The van der Waals surface area contributed by atoms with Gasteiger partial charge in [0.05, 0.1) is 29.9 Å². The Morgan fingerprint density at radius 1 is 0.978 bits per heavy atom. The van der Waals surface area contributed by atoms with Crippen LogP contribution in [0.15, 0.2) is 103 Å². The lowest BCUT2D eigenvalue weighted by Gasteiger charge is -2.56. The Morgan fingerprint density at radius 3 is 2.22 bits per heavy atom. The fourth-order valence-electron chi connectivity index (χ4n) is 7.22. The molecule has 2 heterocycles.